The van der Waals surface area contributed by atoms with Gasteiger partial charge in [-0.15, -0.1) is 10.2 Å². The highest BCUT2D eigenvalue weighted by Crippen LogP contribution is 2.45. The average Bonchev–Trinajstić information content (AvgIpc) is 3.12. The van der Waals surface area contributed by atoms with Crippen molar-refractivity contribution in [2.45, 2.75) is 123 Å². The Bertz CT molecular complexity index is 1580. The highest BCUT2D eigenvalue weighted by atomic mass is 16.3. The van der Waals surface area contributed by atoms with E-state index in [9.17, 15) is 24.9 Å². The molecule has 44 heavy (non-hydrogen) atoms. The van der Waals surface area contributed by atoms with Crippen LogP contribution in [0.4, 0.5) is 0 Å². The number of nitrogens with zero attached hydrogens (tertiary/aromatic N) is 3. The lowest BCUT2D eigenvalue weighted by atomic mass is 9.78. The van der Waals surface area contributed by atoms with E-state index in [4.69, 9.17) is 0 Å². The zero-order valence-electron chi connectivity index (χ0n) is 27.8. The number of aromatic hydroxyl groups is 3. The van der Waals surface area contributed by atoms with Gasteiger partial charge in [0.05, 0.1) is 0 Å². The number of carbonyl (C=O) groups is 2. The Labute approximate surface area is 260 Å². The molecule has 1 saturated heterocycles. The fourth-order valence-corrected chi connectivity index (χ4v) is 6.66. The average molecular weight is 605 g/mol. The van der Waals surface area contributed by atoms with Gasteiger partial charge in [-0.2, -0.15) is 0 Å². The van der Waals surface area contributed by atoms with E-state index in [1.165, 1.54) is 12.1 Å². The number of benzene rings is 2. The van der Waals surface area contributed by atoms with E-state index in [1.807, 2.05) is 53.7 Å². The normalized spacial score (nSPS) is 17.4. The third-order valence-corrected chi connectivity index (χ3v) is 8.40. The van der Waals surface area contributed by atoms with E-state index in [0.29, 0.717) is 30.0 Å². The standard InChI is InChI=1S/C35H48N4O5/c1-32(2,3)25-15-20(16-26(28(25)41)33(4,5)6)11-14-27(40)36-37-29(42)21-12-13-23-24(17-21)31(44)39(30(23)43)22-18-34(7,8)38-35(9,10)19-22/h12-13,15-17,22,38,41,43-44H,11,14,18-19H2,1-10H3. The van der Waals surface area contributed by atoms with Gasteiger partial charge in [-0.1, -0.05) is 53.7 Å². The number of piperidine rings is 1. The van der Waals surface area contributed by atoms with Gasteiger partial charge >= 0.3 is 0 Å². The number of phenols is 1. The molecule has 0 radical (unpaired) electrons. The Morgan fingerprint density at radius 2 is 1.36 bits per heavy atom. The molecule has 0 unspecified atom stereocenters. The number of aromatic nitrogens is 1. The predicted octanol–water partition coefficient (Wildman–Crippen LogP) is 7.59. The quantitative estimate of drug-likeness (QED) is 0.222. The number of amides is 2. The molecule has 1 aliphatic rings. The number of carbonyl (C=O) groups excluding carboxylic acids is 2. The van der Waals surface area contributed by atoms with Crippen LogP contribution in [0.5, 0.6) is 17.5 Å². The second-order valence-electron chi connectivity index (χ2n) is 15.7. The SMILES string of the molecule is CC1(C)CC(n2c(O)c3ccc(C(=O)N=NC(=O)CCc4cc(C(C)(C)C)c(O)c(C(C)(C)C)c4)cc3c2O)CC(C)(C)N1. The number of nitrogens with one attached hydrogen (secondary N) is 1. The predicted molar refractivity (Wildman–Crippen MR) is 173 cm³/mol. The van der Waals surface area contributed by atoms with E-state index in [2.05, 4.69) is 43.2 Å². The van der Waals surface area contributed by atoms with E-state index < -0.39 is 11.8 Å². The number of fused-ring (bicyclic) bond motifs is 1. The third-order valence-electron chi connectivity index (χ3n) is 8.40. The minimum atomic E-state index is -0.717. The van der Waals surface area contributed by atoms with Crippen LogP contribution in [0.15, 0.2) is 40.6 Å². The number of azo groups is 1. The molecule has 0 aliphatic carbocycles. The van der Waals surface area contributed by atoms with Crippen molar-refractivity contribution >= 4 is 22.6 Å². The molecule has 9 heteroatoms. The zero-order chi connectivity index (χ0) is 33.0. The van der Waals surface area contributed by atoms with Crippen LogP contribution in [0, 0.1) is 0 Å². The monoisotopic (exact) mass is 604 g/mol. The van der Waals surface area contributed by atoms with Crippen LogP contribution >= 0.6 is 0 Å². The maximum absolute atomic E-state index is 12.9. The molecule has 1 aromatic heterocycles. The van der Waals surface area contributed by atoms with Crippen molar-refractivity contribution in [3.8, 4) is 17.5 Å². The van der Waals surface area contributed by atoms with E-state index in [0.717, 1.165) is 16.7 Å². The molecule has 4 rings (SSSR count). The number of rotatable bonds is 5. The molecule has 3 aromatic rings. The van der Waals surface area contributed by atoms with Crippen molar-refractivity contribution in [1.29, 1.82) is 0 Å². The number of hydrogen-bond acceptors (Lipinski definition) is 6. The molecule has 2 aromatic carbocycles. The van der Waals surface area contributed by atoms with Crippen molar-refractivity contribution in [1.82, 2.24) is 9.88 Å². The molecular weight excluding hydrogens is 556 g/mol. The molecule has 4 N–H and O–H groups in total. The molecule has 0 saturated carbocycles. The summed E-state index contributed by atoms with van der Waals surface area (Å²) in [5.74, 6) is -1.14. The molecule has 9 nitrogen and oxygen atoms in total. The van der Waals surface area contributed by atoms with Gasteiger partial charge in [-0.3, -0.25) is 14.2 Å². The molecule has 2 amide bonds. The summed E-state index contributed by atoms with van der Waals surface area (Å²) in [5.41, 5.74) is 1.69. The largest absolute Gasteiger partial charge is 0.507 e. The Morgan fingerprint density at radius 1 is 0.841 bits per heavy atom. The van der Waals surface area contributed by atoms with Gasteiger partial charge in [-0.25, -0.2) is 0 Å². The summed E-state index contributed by atoms with van der Waals surface area (Å²) in [4.78, 5) is 25.5. The second-order valence-corrected chi connectivity index (χ2v) is 15.7. The lowest BCUT2D eigenvalue weighted by Gasteiger charge is -2.47. The fraction of sp³-hybridized carbons (Fsp3) is 0.543. The van der Waals surface area contributed by atoms with E-state index in [1.54, 1.807) is 10.6 Å². The van der Waals surface area contributed by atoms with Crippen LogP contribution in [-0.4, -0.2) is 42.8 Å². The summed E-state index contributed by atoms with van der Waals surface area (Å²) in [5, 5.41) is 44.9. The first-order valence-corrected chi connectivity index (χ1v) is 15.3. The fourth-order valence-electron chi connectivity index (χ4n) is 6.66. The molecule has 0 bridgehead atoms. The molecule has 2 heterocycles. The van der Waals surface area contributed by atoms with Gasteiger partial charge in [-0.05, 0) is 92.7 Å². The van der Waals surface area contributed by atoms with Crippen LogP contribution in [0.25, 0.3) is 10.8 Å². The van der Waals surface area contributed by atoms with Crippen LogP contribution in [0.3, 0.4) is 0 Å². The number of aryl methyl sites for hydroxylation is 1. The molecule has 0 atom stereocenters. The minimum absolute atomic E-state index is 0.0498. The van der Waals surface area contributed by atoms with Gasteiger partial charge in [0.15, 0.2) is 0 Å². The Morgan fingerprint density at radius 3 is 1.89 bits per heavy atom. The Kier molecular flexibility index (Phi) is 8.54. The molecule has 238 valence electrons. The van der Waals surface area contributed by atoms with Crippen LogP contribution in [-0.2, 0) is 22.0 Å². The molecule has 1 fully saturated rings. The second kappa shape index (κ2) is 11.3. The van der Waals surface area contributed by atoms with Crippen molar-refractivity contribution < 1.29 is 24.9 Å². The Balaban J connectivity index is 1.52. The van der Waals surface area contributed by atoms with Crippen molar-refractivity contribution in [3.05, 3.63) is 52.6 Å². The first-order valence-electron chi connectivity index (χ1n) is 15.3. The summed E-state index contributed by atoms with van der Waals surface area (Å²) in [6.07, 6.45) is 1.82. The lowest BCUT2D eigenvalue weighted by molar-refractivity contribution is -0.118. The molecular formula is C35H48N4O5. The summed E-state index contributed by atoms with van der Waals surface area (Å²) in [6.45, 7) is 20.6. The van der Waals surface area contributed by atoms with Crippen LogP contribution < -0.4 is 5.32 Å². The number of hydrogen-bond donors (Lipinski definition) is 4. The highest BCUT2D eigenvalue weighted by molar-refractivity contribution is 6.02. The van der Waals surface area contributed by atoms with Gasteiger partial charge in [0.2, 0.25) is 11.8 Å². The summed E-state index contributed by atoms with van der Waals surface area (Å²) in [6, 6.07) is 8.25. The molecule has 1 aliphatic heterocycles. The van der Waals surface area contributed by atoms with Crippen LogP contribution in [0.2, 0.25) is 0 Å². The van der Waals surface area contributed by atoms with E-state index >= 15 is 0 Å². The first kappa shape index (κ1) is 33.2. The number of phenolic OH excluding ortho intramolecular Hbond substituents is 1. The maximum atomic E-state index is 12.9. The Hall–Kier alpha value is -3.72. The summed E-state index contributed by atoms with van der Waals surface area (Å²) >= 11 is 0. The van der Waals surface area contributed by atoms with Gasteiger partial charge in [0.1, 0.15) is 5.75 Å². The topological polar surface area (TPSA) is 137 Å². The van der Waals surface area contributed by atoms with E-state index in [-0.39, 0.29) is 57.4 Å². The third kappa shape index (κ3) is 6.98. The zero-order valence-corrected chi connectivity index (χ0v) is 27.8. The van der Waals surface area contributed by atoms with Gasteiger partial charge < -0.3 is 20.6 Å². The van der Waals surface area contributed by atoms with Gasteiger partial charge in [0.25, 0.3) is 11.8 Å². The molecule has 0 spiro atoms. The highest BCUT2D eigenvalue weighted by Gasteiger charge is 2.40. The summed E-state index contributed by atoms with van der Waals surface area (Å²) < 4.78 is 1.55. The lowest BCUT2D eigenvalue weighted by Crippen LogP contribution is -2.57. The van der Waals surface area contributed by atoms with Crippen molar-refractivity contribution in [2.75, 3.05) is 0 Å². The van der Waals surface area contributed by atoms with Crippen molar-refractivity contribution in [3.63, 3.8) is 0 Å². The van der Waals surface area contributed by atoms with Crippen LogP contribution in [0.1, 0.15) is 122 Å². The smallest absolute Gasteiger partial charge is 0.295 e. The van der Waals surface area contributed by atoms with Gasteiger partial charge in [0, 0.05) is 39.9 Å². The maximum Gasteiger partial charge on any atom is 0.295 e. The first-order chi connectivity index (χ1) is 20.1. The summed E-state index contributed by atoms with van der Waals surface area (Å²) in [7, 11) is 0. The van der Waals surface area contributed by atoms with Crippen molar-refractivity contribution in [2.24, 2.45) is 10.2 Å². The minimum Gasteiger partial charge on any atom is -0.507 e.